The highest BCUT2D eigenvalue weighted by molar-refractivity contribution is 6.34. The molecule has 7 heteroatoms. The lowest BCUT2D eigenvalue weighted by molar-refractivity contribution is 0.101. The Labute approximate surface area is 177 Å². The fourth-order valence-corrected chi connectivity index (χ4v) is 3.39. The first-order chi connectivity index (χ1) is 14.0. The van der Waals surface area contributed by atoms with Crippen molar-refractivity contribution >= 4 is 34.8 Å². The number of hydrogen-bond acceptors (Lipinski definition) is 3. The molecule has 0 bridgehead atoms. The first-order valence-corrected chi connectivity index (χ1v) is 9.63. The topological polar surface area (TPSA) is 59.8 Å². The summed E-state index contributed by atoms with van der Waals surface area (Å²) in [5.41, 5.74) is 2.92. The Kier molecular flexibility index (Phi) is 5.34. The average molecular weight is 423 g/mol. The summed E-state index contributed by atoms with van der Waals surface area (Å²) in [6, 6.07) is 22.2. The van der Waals surface area contributed by atoms with Crippen molar-refractivity contribution in [3.63, 3.8) is 0 Å². The molecule has 0 radical (unpaired) electrons. The van der Waals surface area contributed by atoms with Gasteiger partial charge in [0.2, 0.25) is 5.82 Å². The number of hydrogen-bond donors (Lipinski definition) is 1. The van der Waals surface area contributed by atoms with E-state index < -0.39 is 5.91 Å². The van der Waals surface area contributed by atoms with Crippen LogP contribution in [0.25, 0.3) is 17.1 Å². The Bertz CT molecular complexity index is 1170. The SMILES string of the molecule is Cc1cccc(Cl)c1NC(=O)c1nc(-c2cccc(Cl)c2)n(-c2ccccc2)n1. The van der Waals surface area contributed by atoms with Crippen LogP contribution >= 0.6 is 23.2 Å². The molecule has 0 aliphatic heterocycles. The van der Waals surface area contributed by atoms with Crippen LogP contribution in [-0.2, 0) is 0 Å². The van der Waals surface area contributed by atoms with Crippen molar-refractivity contribution in [1.29, 1.82) is 0 Å². The maximum atomic E-state index is 12.9. The lowest BCUT2D eigenvalue weighted by atomic mass is 10.2. The standard InChI is InChI=1S/C22H16Cl2N4O/c1-14-7-5-12-18(24)19(14)25-22(29)20-26-21(15-8-6-9-16(23)13-15)28(27-20)17-10-3-2-4-11-17/h2-13H,1H3,(H,25,29). The maximum absolute atomic E-state index is 12.9. The zero-order valence-corrected chi connectivity index (χ0v) is 16.9. The molecule has 0 spiro atoms. The molecule has 1 aromatic heterocycles. The molecule has 0 aliphatic carbocycles. The van der Waals surface area contributed by atoms with Crippen LogP contribution in [0.4, 0.5) is 5.69 Å². The van der Waals surface area contributed by atoms with Gasteiger partial charge in [0.05, 0.1) is 16.4 Å². The number of aryl methyl sites for hydroxylation is 1. The molecule has 1 N–H and O–H groups in total. The lowest BCUT2D eigenvalue weighted by Crippen LogP contribution is -2.15. The Hall–Kier alpha value is -3.15. The molecule has 0 aliphatic rings. The predicted molar refractivity (Wildman–Crippen MR) is 116 cm³/mol. The van der Waals surface area contributed by atoms with Crippen LogP contribution in [-0.4, -0.2) is 20.7 Å². The van der Waals surface area contributed by atoms with Crippen molar-refractivity contribution in [2.75, 3.05) is 5.32 Å². The van der Waals surface area contributed by atoms with Crippen LogP contribution in [0.3, 0.4) is 0 Å². The summed E-state index contributed by atoms with van der Waals surface area (Å²) in [4.78, 5) is 17.4. The Morgan fingerprint density at radius 3 is 2.45 bits per heavy atom. The largest absolute Gasteiger partial charge is 0.318 e. The molecular formula is C22H16Cl2N4O. The van der Waals surface area contributed by atoms with Crippen LogP contribution in [0.15, 0.2) is 72.8 Å². The molecule has 0 unspecified atom stereocenters. The third-order valence-electron chi connectivity index (χ3n) is 4.35. The summed E-state index contributed by atoms with van der Waals surface area (Å²) < 4.78 is 1.63. The Morgan fingerprint density at radius 1 is 0.966 bits per heavy atom. The van der Waals surface area contributed by atoms with E-state index in [-0.39, 0.29) is 5.82 Å². The fraction of sp³-hybridized carbons (Fsp3) is 0.0455. The quantitative estimate of drug-likeness (QED) is 0.451. The zero-order valence-electron chi connectivity index (χ0n) is 15.4. The van der Waals surface area contributed by atoms with Crippen molar-refractivity contribution in [1.82, 2.24) is 14.8 Å². The van der Waals surface area contributed by atoms with E-state index in [0.717, 1.165) is 16.8 Å². The Balaban J connectivity index is 1.78. The van der Waals surface area contributed by atoms with Gasteiger partial charge < -0.3 is 5.32 Å². The highest BCUT2D eigenvalue weighted by atomic mass is 35.5. The highest BCUT2D eigenvalue weighted by Crippen LogP contribution is 2.27. The van der Waals surface area contributed by atoms with Crippen LogP contribution < -0.4 is 5.32 Å². The molecule has 1 amide bonds. The van der Waals surface area contributed by atoms with Gasteiger partial charge in [0.25, 0.3) is 5.91 Å². The van der Waals surface area contributed by atoms with Gasteiger partial charge in [-0.05, 0) is 42.8 Å². The molecule has 0 saturated heterocycles. The molecule has 144 valence electrons. The van der Waals surface area contributed by atoms with Crippen LogP contribution in [0.5, 0.6) is 0 Å². The number of anilines is 1. The van der Waals surface area contributed by atoms with Gasteiger partial charge in [-0.1, -0.05) is 65.7 Å². The minimum absolute atomic E-state index is 0.0307. The van der Waals surface area contributed by atoms with E-state index in [0.29, 0.717) is 21.6 Å². The van der Waals surface area contributed by atoms with Crippen molar-refractivity contribution in [2.45, 2.75) is 6.92 Å². The molecule has 0 saturated carbocycles. The summed E-state index contributed by atoms with van der Waals surface area (Å²) in [6.07, 6.45) is 0. The number of carbonyl (C=O) groups excluding carboxylic acids is 1. The number of para-hydroxylation sites is 2. The van der Waals surface area contributed by atoms with Gasteiger partial charge in [0.1, 0.15) is 0 Å². The summed E-state index contributed by atoms with van der Waals surface area (Å²) in [5, 5.41) is 8.29. The number of amides is 1. The number of benzene rings is 3. The van der Waals surface area contributed by atoms with E-state index >= 15 is 0 Å². The van der Waals surface area contributed by atoms with Gasteiger partial charge in [0, 0.05) is 10.6 Å². The summed E-state index contributed by atoms with van der Waals surface area (Å²) in [5.74, 6) is 0.0991. The van der Waals surface area contributed by atoms with Crippen LogP contribution in [0.2, 0.25) is 10.0 Å². The van der Waals surface area contributed by atoms with Gasteiger partial charge in [-0.2, -0.15) is 0 Å². The fourth-order valence-electron chi connectivity index (χ4n) is 2.93. The van der Waals surface area contributed by atoms with Crippen molar-refractivity contribution in [2.24, 2.45) is 0 Å². The summed E-state index contributed by atoms with van der Waals surface area (Å²) in [6.45, 7) is 1.87. The third kappa shape index (κ3) is 4.01. The zero-order chi connectivity index (χ0) is 20.4. The summed E-state index contributed by atoms with van der Waals surface area (Å²) >= 11 is 12.4. The molecule has 4 rings (SSSR count). The first-order valence-electron chi connectivity index (χ1n) is 8.88. The Morgan fingerprint density at radius 2 is 1.72 bits per heavy atom. The molecule has 4 aromatic rings. The van der Waals surface area contributed by atoms with Gasteiger partial charge in [-0.15, -0.1) is 5.10 Å². The van der Waals surface area contributed by atoms with Crippen molar-refractivity contribution in [3.8, 4) is 17.1 Å². The number of nitrogens with one attached hydrogen (secondary N) is 1. The predicted octanol–water partition coefficient (Wildman–Crippen LogP) is 5.80. The molecule has 1 heterocycles. The van der Waals surface area contributed by atoms with E-state index in [1.807, 2.05) is 61.5 Å². The monoisotopic (exact) mass is 422 g/mol. The van der Waals surface area contributed by atoms with E-state index in [1.54, 1.807) is 22.9 Å². The minimum atomic E-state index is -0.445. The van der Waals surface area contributed by atoms with Crippen LogP contribution in [0, 0.1) is 6.92 Å². The number of carbonyl (C=O) groups is 1. The van der Waals surface area contributed by atoms with Gasteiger partial charge >= 0.3 is 0 Å². The molecule has 0 atom stereocenters. The minimum Gasteiger partial charge on any atom is -0.318 e. The second kappa shape index (κ2) is 8.07. The second-order valence-electron chi connectivity index (χ2n) is 6.40. The van der Waals surface area contributed by atoms with E-state index in [4.69, 9.17) is 23.2 Å². The van der Waals surface area contributed by atoms with Crippen LogP contribution in [0.1, 0.15) is 16.2 Å². The van der Waals surface area contributed by atoms with E-state index in [9.17, 15) is 4.79 Å². The number of rotatable bonds is 4. The van der Waals surface area contributed by atoms with Gasteiger partial charge in [-0.3, -0.25) is 4.79 Å². The lowest BCUT2D eigenvalue weighted by Gasteiger charge is -2.08. The van der Waals surface area contributed by atoms with E-state index in [1.165, 1.54) is 0 Å². The highest BCUT2D eigenvalue weighted by Gasteiger charge is 2.20. The molecule has 29 heavy (non-hydrogen) atoms. The van der Waals surface area contributed by atoms with Gasteiger partial charge in [0.15, 0.2) is 5.82 Å². The second-order valence-corrected chi connectivity index (χ2v) is 7.25. The molecule has 5 nitrogen and oxygen atoms in total. The van der Waals surface area contributed by atoms with Gasteiger partial charge in [-0.25, -0.2) is 9.67 Å². The molecule has 3 aromatic carbocycles. The maximum Gasteiger partial charge on any atom is 0.295 e. The van der Waals surface area contributed by atoms with Crippen molar-refractivity contribution in [3.05, 3.63) is 94.2 Å². The summed E-state index contributed by atoms with van der Waals surface area (Å²) in [7, 11) is 0. The number of aromatic nitrogens is 3. The smallest absolute Gasteiger partial charge is 0.295 e. The van der Waals surface area contributed by atoms with Crippen molar-refractivity contribution < 1.29 is 4.79 Å². The number of halogens is 2. The molecule has 0 fully saturated rings. The number of nitrogens with zero attached hydrogens (tertiary/aromatic N) is 3. The molecular weight excluding hydrogens is 407 g/mol. The first kappa shape index (κ1) is 19.2. The normalized spacial score (nSPS) is 10.7. The van der Waals surface area contributed by atoms with E-state index in [2.05, 4.69) is 15.4 Å². The third-order valence-corrected chi connectivity index (χ3v) is 4.90. The average Bonchev–Trinajstić information content (AvgIpc) is 3.17.